The van der Waals surface area contributed by atoms with Gasteiger partial charge in [-0.15, -0.1) is 0 Å². The number of ketones is 1. The molecule has 1 fully saturated rings. The van der Waals surface area contributed by atoms with Crippen LogP contribution < -0.4 is 9.47 Å². The van der Waals surface area contributed by atoms with Crippen molar-refractivity contribution >= 4 is 17.7 Å². The summed E-state index contributed by atoms with van der Waals surface area (Å²) >= 11 is 0. The summed E-state index contributed by atoms with van der Waals surface area (Å²) in [5.41, 5.74) is 2.54. The molecule has 1 aromatic heterocycles. The van der Waals surface area contributed by atoms with Gasteiger partial charge in [0.25, 0.3) is 5.91 Å². The van der Waals surface area contributed by atoms with E-state index in [1.165, 1.54) is 0 Å². The zero-order chi connectivity index (χ0) is 22.3. The van der Waals surface area contributed by atoms with E-state index >= 15 is 0 Å². The van der Waals surface area contributed by atoms with Crippen molar-refractivity contribution in [1.29, 1.82) is 0 Å². The zero-order valence-corrected chi connectivity index (χ0v) is 18.2. The van der Waals surface area contributed by atoms with Gasteiger partial charge in [0.1, 0.15) is 5.69 Å². The topological polar surface area (TPSA) is 87.1 Å². The van der Waals surface area contributed by atoms with Crippen LogP contribution in [0.5, 0.6) is 11.5 Å². The fourth-order valence-corrected chi connectivity index (χ4v) is 4.06. The van der Waals surface area contributed by atoms with Gasteiger partial charge in [0, 0.05) is 29.9 Å². The van der Waals surface area contributed by atoms with Gasteiger partial charge in [-0.1, -0.05) is 0 Å². The third-order valence-electron chi connectivity index (χ3n) is 5.86. The molecule has 1 amide bonds. The van der Waals surface area contributed by atoms with Crippen LogP contribution in [0.4, 0.5) is 0 Å². The molecule has 4 rings (SSSR count). The number of benzene rings is 1. The molecule has 0 unspecified atom stereocenters. The van der Waals surface area contributed by atoms with Crippen LogP contribution in [-0.4, -0.2) is 53.1 Å². The Morgan fingerprint density at radius 3 is 2.55 bits per heavy atom. The van der Waals surface area contributed by atoms with E-state index in [9.17, 15) is 14.4 Å². The molecule has 0 bridgehead atoms. The number of carbonyl (C=O) groups excluding carboxylic acids is 3. The van der Waals surface area contributed by atoms with Crippen molar-refractivity contribution in [2.75, 3.05) is 19.9 Å². The predicted octanol–water partition coefficient (Wildman–Crippen LogP) is 3.03. The van der Waals surface area contributed by atoms with Gasteiger partial charge in [-0.3, -0.25) is 9.59 Å². The monoisotopic (exact) mass is 426 g/mol. The van der Waals surface area contributed by atoms with Crippen molar-refractivity contribution < 1.29 is 28.6 Å². The number of fused-ring (bicyclic) bond motifs is 1. The Labute approximate surface area is 180 Å². The number of esters is 1. The maximum atomic E-state index is 13.3. The minimum absolute atomic E-state index is 0.0377. The maximum Gasteiger partial charge on any atom is 0.355 e. The second kappa shape index (κ2) is 8.09. The van der Waals surface area contributed by atoms with E-state index in [2.05, 4.69) is 0 Å². The average Bonchev–Trinajstić information content (AvgIpc) is 3.42. The van der Waals surface area contributed by atoms with Crippen molar-refractivity contribution in [3.63, 3.8) is 0 Å². The number of rotatable bonds is 7. The summed E-state index contributed by atoms with van der Waals surface area (Å²) in [6.07, 6.45) is 1.73. The Hall–Kier alpha value is -3.29. The van der Waals surface area contributed by atoms with Crippen LogP contribution in [0.25, 0.3) is 0 Å². The molecule has 1 saturated carbocycles. The van der Waals surface area contributed by atoms with E-state index in [0.717, 1.165) is 12.8 Å². The maximum absolute atomic E-state index is 13.3. The molecule has 31 heavy (non-hydrogen) atoms. The number of hydrogen-bond acceptors (Lipinski definition) is 6. The number of ether oxygens (including phenoxy) is 3. The Balaban J connectivity index is 1.60. The highest BCUT2D eigenvalue weighted by Gasteiger charge is 2.36. The summed E-state index contributed by atoms with van der Waals surface area (Å²) in [5, 5.41) is 0. The molecule has 0 N–H and O–H groups in total. The van der Waals surface area contributed by atoms with Crippen molar-refractivity contribution in [3.8, 4) is 11.5 Å². The first kappa shape index (κ1) is 21.0. The van der Waals surface area contributed by atoms with Gasteiger partial charge in [0.2, 0.25) is 6.79 Å². The third kappa shape index (κ3) is 3.78. The van der Waals surface area contributed by atoms with Crippen LogP contribution in [0.3, 0.4) is 0 Å². The van der Waals surface area contributed by atoms with Gasteiger partial charge in [-0.25, -0.2) is 4.79 Å². The molecule has 0 atom stereocenters. The first-order valence-corrected chi connectivity index (χ1v) is 10.4. The highest BCUT2D eigenvalue weighted by molar-refractivity contribution is 6.06. The fourth-order valence-electron chi connectivity index (χ4n) is 4.06. The Morgan fingerprint density at radius 2 is 1.87 bits per heavy atom. The van der Waals surface area contributed by atoms with E-state index < -0.39 is 5.97 Å². The predicted molar refractivity (Wildman–Crippen MR) is 112 cm³/mol. The smallest absolute Gasteiger partial charge is 0.355 e. The van der Waals surface area contributed by atoms with E-state index in [4.69, 9.17) is 14.2 Å². The molecule has 1 aliphatic heterocycles. The lowest BCUT2D eigenvalue weighted by Gasteiger charge is -2.22. The van der Waals surface area contributed by atoms with Gasteiger partial charge in [-0.2, -0.15) is 0 Å². The van der Waals surface area contributed by atoms with Gasteiger partial charge < -0.3 is 23.7 Å². The number of hydrogen-bond donors (Lipinski definition) is 0. The molecule has 2 aliphatic rings. The quantitative estimate of drug-likeness (QED) is 0.500. The Kier molecular flexibility index (Phi) is 5.47. The van der Waals surface area contributed by atoms with Crippen molar-refractivity contribution in [3.05, 3.63) is 46.3 Å². The second-order valence-electron chi connectivity index (χ2n) is 7.87. The van der Waals surface area contributed by atoms with Gasteiger partial charge in [0.15, 0.2) is 17.3 Å². The first-order valence-electron chi connectivity index (χ1n) is 10.4. The van der Waals surface area contributed by atoms with Crippen LogP contribution >= 0.6 is 0 Å². The standard InChI is InChI=1S/C23H26N2O6/c1-5-29-23(28)21-13(2)20(14(3)24(21)4)17(26)11-25(16-7-8-16)22(27)15-6-9-18-19(10-15)31-12-30-18/h6,9-10,16H,5,7-8,11-12H2,1-4H3. The summed E-state index contributed by atoms with van der Waals surface area (Å²) in [5.74, 6) is 0.266. The third-order valence-corrected chi connectivity index (χ3v) is 5.86. The Bertz CT molecular complexity index is 1070. The van der Waals surface area contributed by atoms with Crippen molar-refractivity contribution in [2.45, 2.75) is 39.7 Å². The van der Waals surface area contributed by atoms with E-state index in [1.54, 1.807) is 55.5 Å². The van der Waals surface area contributed by atoms with Crippen LogP contribution in [0.15, 0.2) is 18.2 Å². The number of carbonyl (C=O) groups is 3. The number of Topliss-reactive ketones (excluding diaryl/α,β-unsaturated/α-hetero) is 1. The molecular formula is C23H26N2O6. The number of nitrogens with zero attached hydrogens (tertiary/aromatic N) is 2. The van der Waals surface area contributed by atoms with Crippen LogP contribution in [0.1, 0.15) is 62.2 Å². The van der Waals surface area contributed by atoms with E-state index in [1.807, 2.05) is 0 Å². The fraction of sp³-hybridized carbons (Fsp3) is 0.435. The summed E-state index contributed by atoms with van der Waals surface area (Å²) in [6.45, 7) is 5.62. The summed E-state index contributed by atoms with van der Waals surface area (Å²) in [7, 11) is 1.74. The molecule has 1 aromatic carbocycles. The second-order valence-corrected chi connectivity index (χ2v) is 7.87. The molecule has 164 valence electrons. The molecule has 0 radical (unpaired) electrons. The molecule has 0 spiro atoms. The lowest BCUT2D eigenvalue weighted by atomic mass is 10.0. The molecule has 1 aliphatic carbocycles. The Morgan fingerprint density at radius 1 is 1.16 bits per heavy atom. The highest BCUT2D eigenvalue weighted by atomic mass is 16.7. The normalized spacial score (nSPS) is 14.5. The number of amides is 1. The van der Waals surface area contributed by atoms with Crippen LogP contribution in [-0.2, 0) is 11.8 Å². The van der Waals surface area contributed by atoms with Crippen LogP contribution in [0, 0.1) is 13.8 Å². The SMILES string of the molecule is CCOC(=O)c1c(C)c(C(=O)CN(C(=O)c2ccc3c(c2)OCO3)C2CC2)c(C)n1C. The van der Waals surface area contributed by atoms with Crippen molar-refractivity contribution in [1.82, 2.24) is 9.47 Å². The van der Waals surface area contributed by atoms with Crippen molar-refractivity contribution in [2.24, 2.45) is 7.05 Å². The lowest BCUT2D eigenvalue weighted by molar-refractivity contribution is 0.0514. The number of aromatic nitrogens is 1. The molecule has 2 aromatic rings. The summed E-state index contributed by atoms with van der Waals surface area (Å²) in [6, 6.07) is 5.09. The van der Waals surface area contributed by atoms with E-state index in [0.29, 0.717) is 39.6 Å². The summed E-state index contributed by atoms with van der Waals surface area (Å²) in [4.78, 5) is 40.5. The van der Waals surface area contributed by atoms with Gasteiger partial charge in [-0.05, 0) is 57.4 Å². The minimum atomic E-state index is -0.458. The highest BCUT2D eigenvalue weighted by Crippen LogP contribution is 2.35. The average molecular weight is 426 g/mol. The molecular weight excluding hydrogens is 400 g/mol. The largest absolute Gasteiger partial charge is 0.461 e. The summed E-state index contributed by atoms with van der Waals surface area (Å²) < 4.78 is 17.5. The van der Waals surface area contributed by atoms with Gasteiger partial charge in [0.05, 0.1) is 13.2 Å². The van der Waals surface area contributed by atoms with Gasteiger partial charge >= 0.3 is 5.97 Å². The van der Waals surface area contributed by atoms with E-state index in [-0.39, 0.29) is 37.7 Å². The lowest BCUT2D eigenvalue weighted by Crippen LogP contribution is -2.37. The molecule has 8 heteroatoms. The van der Waals surface area contributed by atoms with Crippen LogP contribution in [0.2, 0.25) is 0 Å². The molecule has 0 saturated heterocycles. The first-order chi connectivity index (χ1) is 14.8. The molecule has 8 nitrogen and oxygen atoms in total. The minimum Gasteiger partial charge on any atom is -0.461 e. The molecule has 2 heterocycles. The zero-order valence-electron chi connectivity index (χ0n) is 18.2.